The molecule has 0 aromatic heterocycles. The predicted octanol–water partition coefficient (Wildman–Crippen LogP) is 1.53. The normalized spacial score (nSPS) is 9.64. The van der Waals surface area contributed by atoms with Gasteiger partial charge in [0, 0.05) is 11.3 Å². The Morgan fingerprint density at radius 2 is 2.18 bits per heavy atom. The van der Waals surface area contributed by atoms with Gasteiger partial charge >= 0.3 is 0 Å². The Morgan fingerprint density at radius 1 is 1.55 bits per heavy atom. The molecule has 0 unspecified atom stereocenters. The topological polar surface area (TPSA) is 43.1 Å². The van der Waals surface area contributed by atoms with Gasteiger partial charge in [0.05, 0.1) is 0 Å². The lowest BCUT2D eigenvalue weighted by Gasteiger charge is -2.01. The fourth-order valence-corrected chi connectivity index (χ4v) is 0.844. The van der Waals surface area contributed by atoms with Crippen LogP contribution in [-0.4, -0.2) is 6.29 Å². The summed E-state index contributed by atoms with van der Waals surface area (Å²) in [4.78, 5) is 10.3. The number of carbonyl (C=O) groups excluding carboxylic acids is 1. The van der Waals surface area contributed by atoms with Crippen LogP contribution in [0.2, 0.25) is 0 Å². The highest BCUT2D eigenvalue weighted by molar-refractivity contribution is 5.80. The van der Waals surface area contributed by atoms with Crippen LogP contribution >= 0.6 is 0 Å². The molecule has 0 saturated carbocycles. The lowest BCUT2D eigenvalue weighted by atomic mass is 10.1. The smallest absolute Gasteiger partial charge is 0.150 e. The zero-order chi connectivity index (χ0) is 8.43. The first kappa shape index (κ1) is 7.72. The van der Waals surface area contributed by atoms with Crippen molar-refractivity contribution in [3.8, 4) is 0 Å². The monoisotopic (exact) mass is 153 g/mol. The maximum atomic E-state index is 12.6. The SMILES string of the molecule is Cc1c(N)cc(F)cc1C=O. The average molecular weight is 153 g/mol. The summed E-state index contributed by atoms with van der Waals surface area (Å²) < 4.78 is 12.6. The van der Waals surface area contributed by atoms with E-state index >= 15 is 0 Å². The van der Waals surface area contributed by atoms with E-state index in [2.05, 4.69) is 0 Å². The molecule has 11 heavy (non-hydrogen) atoms. The van der Waals surface area contributed by atoms with E-state index in [0.717, 1.165) is 0 Å². The number of benzene rings is 1. The van der Waals surface area contributed by atoms with Crippen molar-refractivity contribution in [3.63, 3.8) is 0 Å². The Kier molecular flexibility index (Phi) is 1.89. The van der Waals surface area contributed by atoms with E-state index in [1.807, 2.05) is 0 Å². The molecule has 0 amide bonds. The Balaban J connectivity index is 3.35. The van der Waals surface area contributed by atoms with Gasteiger partial charge < -0.3 is 5.73 Å². The molecule has 0 heterocycles. The Morgan fingerprint density at radius 3 is 2.73 bits per heavy atom. The summed E-state index contributed by atoms with van der Waals surface area (Å²) in [5, 5.41) is 0. The number of carbonyl (C=O) groups is 1. The number of aldehydes is 1. The summed E-state index contributed by atoms with van der Waals surface area (Å²) in [6, 6.07) is 2.36. The van der Waals surface area contributed by atoms with Crippen LogP contribution in [0.3, 0.4) is 0 Å². The number of hydrogen-bond acceptors (Lipinski definition) is 2. The first-order valence-electron chi connectivity index (χ1n) is 3.16. The summed E-state index contributed by atoms with van der Waals surface area (Å²) in [5.41, 5.74) is 6.64. The van der Waals surface area contributed by atoms with Crippen LogP contribution in [0.15, 0.2) is 12.1 Å². The summed E-state index contributed by atoms with van der Waals surface area (Å²) in [5.74, 6) is -0.477. The van der Waals surface area contributed by atoms with Crippen LogP contribution in [0.4, 0.5) is 10.1 Å². The van der Waals surface area contributed by atoms with E-state index in [1.165, 1.54) is 12.1 Å². The van der Waals surface area contributed by atoms with Crippen LogP contribution in [0.1, 0.15) is 15.9 Å². The predicted molar refractivity (Wildman–Crippen MR) is 40.9 cm³/mol. The molecule has 1 aromatic carbocycles. The molecule has 1 rings (SSSR count). The van der Waals surface area contributed by atoms with Gasteiger partial charge in [-0.15, -0.1) is 0 Å². The highest BCUT2D eigenvalue weighted by Crippen LogP contribution is 2.15. The molecule has 0 aliphatic heterocycles. The third kappa shape index (κ3) is 1.37. The quantitative estimate of drug-likeness (QED) is 0.491. The van der Waals surface area contributed by atoms with Crippen LogP contribution in [0, 0.1) is 12.7 Å². The molecule has 0 aliphatic carbocycles. The molecule has 2 nitrogen and oxygen atoms in total. The van der Waals surface area contributed by atoms with Gasteiger partial charge in [0.2, 0.25) is 0 Å². The van der Waals surface area contributed by atoms with Crippen LogP contribution in [0.5, 0.6) is 0 Å². The van der Waals surface area contributed by atoms with E-state index in [4.69, 9.17) is 5.73 Å². The second-order valence-electron chi connectivity index (χ2n) is 2.33. The van der Waals surface area contributed by atoms with E-state index < -0.39 is 5.82 Å². The van der Waals surface area contributed by atoms with Crippen molar-refractivity contribution >= 4 is 12.0 Å². The molecule has 3 heteroatoms. The molecular formula is C8H8FNO. The van der Waals surface area contributed by atoms with Gasteiger partial charge in [-0.2, -0.15) is 0 Å². The first-order valence-corrected chi connectivity index (χ1v) is 3.16. The largest absolute Gasteiger partial charge is 0.398 e. The fraction of sp³-hybridized carbons (Fsp3) is 0.125. The highest BCUT2D eigenvalue weighted by atomic mass is 19.1. The zero-order valence-electron chi connectivity index (χ0n) is 6.10. The molecule has 58 valence electrons. The van der Waals surface area contributed by atoms with E-state index in [1.54, 1.807) is 6.92 Å². The first-order chi connectivity index (χ1) is 5.15. The average Bonchev–Trinajstić information content (AvgIpc) is 1.96. The summed E-state index contributed by atoms with van der Waals surface area (Å²) in [6.07, 6.45) is 0.592. The zero-order valence-corrected chi connectivity index (χ0v) is 6.10. The van der Waals surface area contributed by atoms with Gasteiger partial charge in [0.25, 0.3) is 0 Å². The number of anilines is 1. The van der Waals surface area contributed by atoms with Crippen molar-refractivity contribution in [1.29, 1.82) is 0 Å². The molecule has 0 bridgehead atoms. The number of nitrogen functional groups attached to an aromatic ring is 1. The Bertz CT molecular complexity index is 296. The van der Waals surface area contributed by atoms with Crippen molar-refractivity contribution < 1.29 is 9.18 Å². The van der Waals surface area contributed by atoms with Gasteiger partial charge in [-0.3, -0.25) is 4.79 Å². The van der Waals surface area contributed by atoms with E-state index in [0.29, 0.717) is 23.1 Å². The minimum atomic E-state index is -0.477. The number of hydrogen-bond donors (Lipinski definition) is 1. The Labute approximate surface area is 63.8 Å². The maximum Gasteiger partial charge on any atom is 0.150 e. The van der Waals surface area contributed by atoms with Crippen molar-refractivity contribution in [2.75, 3.05) is 5.73 Å². The molecule has 0 spiro atoms. The minimum Gasteiger partial charge on any atom is -0.398 e. The van der Waals surface area contributed by atoms with Gasteiger partial charge in [-0.25, -0.2) is 4.39 Å². The highest BCUT2D eigenvalue weighted by Gasteiger charge is 2.02. The lowest BCUT2D eigenvalue weighted by Crippen LogP contribution is -1.95. The van der Waals surface area contributed by atoms with Crippen molar-refractivity contribution in [1.82, 2.24) is 0 Å². The molecule has 0 fully saturated rings. The van der Waals surface area contributed by atoms with Crippen molar-refractivity contribution in [2.24, 2.45) is 0 Å². The molecule has 0 radical (unpaired) electrons. The molecule has 0 atom stereocenters. The van der Waals surface area contributed by atoms with Crippen LogP contribution in [-0.2, 0) is 0 Å². The lowest BCUT2D eigenvalue weighted by molar-refractivity contribution is 0.112. The van der Waals surface area contributed by atoms with Crippen LogP contribution in [0.25, 0.3) is 0 Å². The van der Waals surface area contributed by atoms with Crippen molar-refractivity contribution in [2.45, 2.75) is 6.92 Å². The fourth-order valence-electron chi connectivity index (χ4n) is 0.844. The standard InChI is InChI=1S/C8H8FNO/c1-5-6(4-11)2-7(9)3-8(5)10/h2-4H,10H2,1H3. The third-order valence-corrected chi connectivity index (χ3v) is 1.58. The number of nitrogens with two attached hydrogens (primary N) is 1. The van der Waals surface area contributed by atoms with Gasteiger partial charge in [0.15, 0.2) is 0 Å². The maximum absolute atomic E-state index is 12.6. The molecule has 2 N–H and O–H groups in total. The van der Waals surface area contributed by atoms with Crippen molar-refractivity contribution in [3.05, 3.63) is 29.1 Å². The number of halogens is 1. The van der Waals surface area contributed by atoms with Gasteiger partial charge in [-0.1, -0.05) is 0 Å². The van der Waals surface area contributed by atoms with E-state index in [9.17, 15) is 9.18 Å². The van der Waals surface area contributed by atoms with Gasteiger partial charge in [0.1, 0.15) is 12.1 Å². The Hall–Kier alpha value is -1.38. The second-order valence-corrected chi connectivity index (χ2v) is 2.33. The van der Waals surface area contributed by atoms with Gasteiger partial charge in [-0.05, 0) is 24.6 Å². The number of rotatable bonds is 1. The summed E-state index contributed by atoms with van der Waals surface area (Å²) >= 11 is 0. The molecule has 1 aromatic rings. The third-order valence-electron chi connectivity index (χ3n) is 1.58. The second kappa shape index (κ2) is 2.70. The molecule has 0 aliphatic rings. The summed E-state index contributed by atoms with van der Waals surface area (Å²) in [7, 11) is 0. The summed E-state index contributed by atoms with van der Waals surface area (Å²) in [6.45, 7) is 1.68. The van der Waals surface area contributed by atoms with Crippen LogP contribution < -0.4 is 5.73 Å². The van der Waals surface area contributed by atoms with E-state index in [-0.39, 0.29) is 0 Å². The minimum absolute atomic E-state index is 0.308. The molecule has 0 saturated heterocycles. The molecular weight excluding hydrogens is 145 g/mol.